The number of carbonyl (C=O) groups is 1. The second kappa shape index (κ2) is 7.76. The third kappa shape index (κ3) is 4.39. The predicted molar refractivity (Wildman–Crippen MR) is 79.3 cm³/mol. The van der Waals surface area contributed by atoms with Crippen molar-refractivity contribution in [1.29, 1.82) is 0 Å². The Labute approximate surface area is 118 Å². The molecule has 0 N–H and O–H groups in total. The van der Waals surface area contributed by atoms with Crippen molar-refractivity contribution in [3.63, 3.8) is 0 Å². The SMILES string of the molecule is CCCC1CCCN(C(=O)N2CCCCCC2)CC1. The maximum Gasteiger partial charge on any atom is 0.319 e. The Balaban J connectivity index is 1.84. The summed E-state index contributed by atoms with van der Waals surface area (Å²) in [6, 6.07) is 0.319. The minimum absolute atomic E-state index is 0.319. The van der Waals surface area contributed by atoms with Crippen LogP contribution in [0.5, 0.6) is 0 Å². The molecule has 1 unspecified atom stereocenters. The largest absolute Gasteiger partial charge is 0.325 e. The lowest BCUT2D eigenvalue weighted by Gasteiger charge is -2.29. The summed E-state index contributed by atoms with van der Waals surface area (Å²) in [6.45, 7) is 6.20. The Bertz CT molecular complexity index is 272. The molecule has 0 spiro atoms. The van der Waals surface area contributed by atoms with Crippen molar-refractivity contribution in [1.82, 2.24) is 9.80 Å². The van der Waals surface area contributed by atoms with Crippen LogP contribution in [0.4, 0.5) is 4.79 Å². The Kier molecular flexibility index (Phi) is 5.99. The standard InChI is InChI=1S/C16H30N2O/c1-2-8-15-9-7-13-18(14-10-15)16(19)17-11-5-3-4-6-12-17/h15H,2-14H2,1H3. The number of nitrogens with zero attached hydrogens (tertiary/aromatic N) is 2. The van der Waals surface area contributed by atoms with E-state index >= 15 is 0 Å². The van der Waals surface area contributed by atoms with E-state index in [1.807, 2.05) is 0 Å². The summed E-state index contributed by atoms with van der Waals surface area (Å²) in [7, 11) is 0. The highest BCUT2D eigenvalue weighted by molar-refractivity contribution is 5.74. The second-order valence-corrected chi connectivity index (χ2v) is 6.26. The van der Waals surface area contributed by atoms with Gasteiger partial charge in [-0.1, -0.05) is 32.6 Å². The summed E-state index contributed by atoms with van der Waals surface area (Å²) < 4.78 is 0. The van der Waals surface area contributed by atoms with Crippen LogP contribution in [-0.2, 0) is 0 Å². The molecule has 2 aliphatic rings. The maximum absolute atomic E-state index is 12.6. The van der Waals surface area contributed by atoms with Gasteiger partial charge in [0.1, 0.15) is 0 Å². The Morgan fingerprint density at radius 3 is 2.21 bits per heavy atom. The van der Waals surface area contributed by atoms with Gasteiger partial charge in [-0.05, 0) is 38.0 Å². The smallest absolute Gasteiger partial charge is 0.319 e. The van der Waals surface area contributed by atoms with E-state index in [1.165, 1.54) is 57.8 Å². The van der Waals surface area contributed by atoms with Crippen molar-refractivity contribution < 1.29 is 4.79 Å². The van der Waals surface area contributed by atoms with E-state index in [-0.39, 0.29) is 0 Å². The molecule has 2 heterocycles. The van der Waals surface area contributed by atoms with E-state index in [2.05, 4.69) is 16.7 Å². The summed E-state index contributed by atoms with van der Waals surface area (Å²) in [5.74, 6) is 0.854. The van der Waals surface area contributed by atoms with Gasteiger partial charge in [-0.15, -0.1) is 0 Å². The van der Waals surface area contributed by atoms with Gasteiger partial charge in [-0.25, -0.2) is 4.79 Å². The topological polar surface area (TPSA) is 23.6 Å². The Morgan fingerprint density at radius 2 is 1.53 bits per heavy atom. The molecule has 2 saturated heterocycles. The molecule has 0 bridgehead atoms. The molecule has 3 heteroatoms. The number of hydrogen-bond donors (Lipinski definition) is 0. The summed E-state index contributed by atoms with van der Waals surface area (Å²) in [5.41, 5.74) is 0. The first kappa shape index (κ1) is 14.7. The number of likely N-dealkylation sites (tertiary alicyclic amines) is 2. The Hall–Kier alpha value is -0.730. The molecule has 2 amide bonds. The fourth-order valence-corrected chi connectivity index (χ4v) is 3.52. The van der Waals surface area contributed by atoms with Crippen molar-refractivity contribution in [2.75, 3.05) is 26.2 Å². The predicted octanol–water partition coefficient (Wildman–Crippen LogP) is 3.88. The lowest BCUT2D eigenvalue weighted by atomic mass is 9.96. The van der Waals surface area contributed by atoms with Crippen molar-refractivity contribution in [2.45, 2.75) is 64.7 Å². The maximum atomic E-state index is 12.6. The molecule has 2 aliphatic heterocycles. The van der Waals surface area contributed by atoms with Gasteiger partial charge in [0.25, 0.3) is 0 Å². The normalized spacial score (nSPS) is 25.8. The van der Waals surface area contributed by atoms with Crippen LogP contribution in [0.2, 0.25) is 0 Å². The zero-order valence-corrected chi connectivity index (χ0v) is 12.6. The molecular formula is C16H30N2O. The van der Waals surface area contributed by atoms with E-state index in [4.69, 9.17) is 0 Å². The van der Waals surface area contributed by atoms with Gasteiger partial charge in [0.2, 0.25) is 0 Å². The molecular weight excluding hydrogens is 236 g/mol. The lowest BCUT2D eigenvalue weighted by Crippen LogP contribution is -2.44. The fraction of sp³-hybridized carbons (Fsp3) is 0.938. The molecule has 0 aromatic carbocycles. The average molecular weight is 266 g/mol. The third-order valence-electron chi connectivity index (χ3n) is 4.69. The van der Waals surface area contributed by atoms with Crippen molar-refractivity contribution >= 4 is 6.03 Å². The minimum atomic E-state index is 0.319. The summed E-state index contributed by atoms with van der Waals surface area (Å²) in [4.78, 5) is 16.8. The number of carbonyl (C=O) groups excluding carboxylic acids is 1. The van der Waals surface area contributed by atoms with Crippen LogP contribution < -0.4 is 0 Å². The van der Waals surface area contributed by atoms with Crippen LogP contribution in [0.1, 0.15) is 64.7 Å². The van der Waals surface area contributed by atoms with E-state index in [9.17, 15) is 4.79 Å². The summed E-state index contributed by atoms with van der Waals surface area (Å²) in [5, 5.41) is 0. The monoisotopic (exact) mass is 266 g/mol. The second-order valence-electron chi connectivity index (χ2n) is 6.26. The summed E-state index contributed by atoms with van der Waals surface area (Å²) in [6.07, 6.45) is 11.3. The van der Waals surface area contributed by atoms with E-state index < -0.39 is 0 Å². The van der Waals surface area contributed by atoms with Crippen molar-refractivity contribution in [3.05, 3.63) is 0 Å². The fourth-order valence-electron chi connectivity index (χ4n) is 3.52. The zero-order valence-electron chi connectivity index (χ0n) is 12.6. The molecule has 3 nitrogen and oxygen atoms in total. The van der Waals surface area contributed by atoms with Gasteiger partial charge in [0.15, 0.2) is 0 Å². The van der Waals surface area contributed by atoms with Crippen molar-refractivity contribution in [3.8, 4) is 0 Å². The minimum Gasteiger partial charge on any atom is -0.325 e. The van der Waals surface area contributed by atoms with Gasteiger partial charge in [0.05, 0.1) is 0 Å². The van der Waals surface area contributed by atoms with Gasteiger partial charge < -0.3 is 9.80 Å². The number of hydrogen-bond acceptors (Lipinski definition) is 1. The van der Waals surface area contributed by atoms with E-state index in [1.54, 1.807) is 0 Å². The van der Waals surface area contributed by atoms with Crippen LogP contribution in [-0.4, -0.2) is 42.0 Å². The van der Waals surface area contributed by atoms with Gasteiger partial charge in [0, 0.05) is 26.2 Å². The van der Waals surface area contributed by atoms with Gasteiger partial charge in [-0.2, -0.15) is 0 Å². The van der Waals surface area contributed by atoms with Gasteiger partial charge >= 0.3 is 6.03 Å². The van der Waals surface area contributed by atoms with Crippen LogP contribution >= 0.6 is 0 Å². The molecule has 0 radical (unpaired) electrons. The van der Waals surface area contributed by atoms with Crippen LogP contribution in [0.25, 0.3) is 0 Å². The number of urea groups is 1. The van der Waals surface area contributed by atoms with E-state index in [0.29, 0.717) is 6.03 Å². The first-order valence-corrected chi connectivity index (χ1v) is 8.35. The number of amides is 2. The quantitative estimate of drug-likeness (QED) is 0.744. The zero-order chi connectivity index (χ0) is 13.5. The molecule has 0 saturated carbocycles. The molecule has 2 rings (SSSR count). The first-order chi connectivity index (χ1) is 9.31. The number of rotatable bonds is 2. The van der Waals surface area contributed by atoms with Crippen LogP contribution in [0, 0.1) is 5.92 Å². The van der Waals surface area contributed by atoms with Gasteiger partial charge in [-0.3, -0.25) is 0 Å². The van der Waals surface area contributed by atoms with Crippen molar-refractivity contribution in [2.24, 2.45) is 5.92 Å². The molecule has 2 fully saturated rings. The molecule has 0 aliphatic carbocycles. The molecule has 0 aromatic heterocycles. The highest BCUT2D eigenvalue weighted by Gasteiger charge is 2.24. The first-order valence-electron chi connectivity index (χ1n) is 8.35. The lowest BCUT2D eigenvalue weighted by molar-refractivity contribution is 0.155. The molecule has 19 heavy (non-hydrogen) atoms. The summed E-state index contributed by atoms with van der Waals surface area (Å²) >= 11 is 0. The molecule has 0 aromatic rings. The Morgan fingerprint density at radius 1 is 0.895 bits per heavy atom. The molecule has 110 valence electrons. The highest BCUT2D eigenvalue weighted by Crippen LogP contribution is 2.23. The van der Waals surface area contributed by atoms with E-state index in [0.717, 1.165) is 32.1 Å². The molecule has 1 atom stereocenters. The highest BCUT2D eigenvalue weighted by atomic mass is 16.2. The van der Waals surface area contributed by atoms with Crippen LogP contribution in [0.15, 0.2) is 0 Å². The van der Waals surface area contributed by atoms with Crippen LogP contribution in [0.3, 0.4) is 0 Å². The average Bonchev–Trinajstić information content (AvgIpc) is 2.81. The third-order valence-corrected chi connectivity index (χ3v) is 4.69.